The normalized spacial score (nSPS) is 11.8. The van der Waals surface area contributed by atoms with Gasteiger partial charge in [-0.1, -0.05) is 24.3 Å². The highest BCUT2D eigenvalue weighted by Crippen LogP contribution is 2.21. The van der Waals surface area contributed by atoms with Crippen LogP contribution in [0.15, 0.2) is 61.2 Å². The van der Waals surface area contributed by atoms with Crippen molar-refractivity contribution in [1.29, 1.82) is 0 Å². The summed E-state index contributed by atoms with van der Waals surface area (Å²) in [5.74, 6) is -0.653. The van der Waals surface area contributed by atoms with Gasteiger partial charge in [-0.05, 0) is 36.8 Å². The molecular weight excluding hydrogens is 335 g/mol. The third-order valence-corrected chi connectivity index (χ3v) is 4.22. The van der Waals surface area contributed by atoms with E-state index in [0.717, 1.165) is 11.3 Å². The van der Waals surface area contributed by atoms with Crippen LogP contribution >= 0.6 is 0 Å². The van der Waals surface area contributed by atoms with Crippen molar-refractivity contribution in [3.8, 4) is 11.4 Å². The number of carbonyl (C=O) groups is 1. The van der Waals surface area contributed by atoms with Crippen LogP contribution in [-0.4, -0.2) is 39.2 Å². The molecule has 2 aromatic carbocycles. The maximum atomic E-state index is 13.6. The van der Waals surface area contributed by atoms with Crippen molar-refractivity contribution in [2.75, 3.05) is 13.7 Å². The summed E-state index contributed by atoms with van der Waals surface area (Å²) < 4.78 is 20.5. The van der Waals surface area contributed by atoms with E-state index in [-0.39, 0.29) is 24.3 Å². The highest BCUT2D eigenvalue weighted by molar-refractivity contribution is 5.78. The monoisotopic (exact) mass is 354 g/mol. The van der Waals surface area contributed by atoms with Gasteiger partial charge in [0.1, 0.15) is 12.7 Å². The van der Waals surface area contributed by atoms with E-state index in [1.54, 1.807) is 35.1 Å². The topological polar surface area (TPSA) is 60.2 Å². The Hall–Kier alpha value is -3.22. The predicted molar refractivity (Wildman–Crippen MR) is 94.4 cm³/mol. The lowest BCUT2D eigenvalue weighted by Crippen LogP contribution is -2.33. The predicted octanol–water partition coefficient (Wildman–Crippen LogP) is 3.00. The number of halogens is 1. The molecule has 0 spiro atoms. The van der Waals surface area contributed by atoms with Crippen LogP contribution < -0.4 is 4.74 Å². The van der Waals surface area contributed by atoms with E-state index >= 15 is 0 Å². The molecule has 0 bridgehead atoms. The van der Waals surface area contributed by atoms with Crippen molar-refractivity contribution in [3.05, 3.63) is 72.6 Å². The van der Waals surface area contributed by atoms with Gasteiger partial charge in [-0.25, -0.2) is 14.1 Å². The lowest BCUT2D eigenvalue weighted by atomic mass is 10.1. The third-order valence-electron chi connectivity index (χ3n) is 4.22. The Morgan fingerprint density at radius 1 is 1.23 bits per heavy atom. The number of amides is 1. The molecule has 0 unspecified atom stereocenters. The number of carbonyl (C=O) groups excluding carboxylic acids is 1. The van der Waals surface area contributed by atoms with Crippen LogP contribution in [0.4, 0.5) is 4.39 Å². The first-order chi connectivity index (χ1) is 12.6. The van der Waals surface area contributed by atoms with Gasteiger partial charge in [0.15, 0.2) is 18.2 Å². The molecule has 26 heavy (non-hydrogen) atoms. The Labute approximate surface area is 150 Å². The SMILES string of the molecule is C[C@H](c1ccc(-n2cncn2)cc1)N(C)C(=O)COc1ccccc1F. The van der Waals surface area contributed by atoms with Gasteiger partial charge in [-0.3, -0.25) is 4.79 Å². The average Bonchev–Trinajstić information content (AvgIpc) is 3.21. The van der Waals surface area contributed by atoms with Crippen LogP contribution in [0, 0.1) is 5.82 Å². The number of nitrogens with zero attached hydrogens (tertiary/aromatic N) is 4. The summed E-state index contributed by atoms with van der Waals surface area (Å²) in [4.78, 5) is 17.8. The lowest BCUT2D eigenvalue weighted by Gasteiger charge is -2.25. The number of rotatable bonds is 6. The zero-order valence-corrected chi connectivity index (χ0v) is 14.5. The number of benzene rings is 2. The zero-order chi connectivity index (χ0) is 18.5. The summed E-state index contributed by atoms with van der Waals surface area (Å²) in [6, 6.07) is 13.6. The Balaban J connectivity index is 1.62. The van der Waals surface area contributed by atoms with Gasteiger partial charge >= 0.3 is 0 Å². The summed E-state index contributed by atoms with van der Waals surface area (Å²) in [5, 5.41) is 4.08. The number of para-hydroxylation sites is 1. The second-order valence-corrected chi connectivity index (χ2v) is 5.83. The number of likely N-dealkylation sites (N-methyl/N-ethyl adjacent to an activating group) is 1. The van der Waals surface area contributed by atoms with Crippen LogP contribution in [-0.2, 0) is 4.79 Å². The first-order valence-electron chi connectivity index (χ1n) is 8.14. The first kappa shape index (κ1) is 17.6. The van der Waals surface area contributed by atoms with Gasteiger partial charge in [0.25, 0.3) is 5.91 Å². The minimum absolute atomic E-state index is 0.0686. The van der Waals surface area contributed by atoms with Crippen molar-refractivity contribution >= 4 is 5.91 Å². The molecule has 1 amide bonds. The van der Waals surface area contributed by atoms with E-state index in [9.17, 15) is 9.18 Å². The van der Waals surface area contributed by atoms with Gasteiger partial charge in [0.2, 0.25) is 0 Å². The Bertz CT molecular complexity index is 866. The molecule has 134 valence electrons. The number of hydrogen-bond donors (Lipinski definition) is 0. The van der Waals surface area contributed by atoms with Crippen LogP contribution in [0.25, 0.3) is 5.69 Å². The highest BCUT2D eigenvalue weighted by atomic mass is 19.1. The quantitative estimate of drug-likeness (QED) is 0.683. The summed E-state index contributed by atoms with van der Waals surface area (Å²) >= 11 is 0. The van der Waals surface area contributed by atoms with Crippen LogP contribution in [0.5, 0.6) is 5.75 Å². The van der Waals surface area contributed by atoms with E-state index in [0.29, 0.717) is 0 Å². The maximum Gasteiger partial charge on any atom is 0.260 e. The van der Waals surface area contributed by atoms with Crippen LogP contribution in [0.1, 0.15) is 18.5 Å². The number of aromatic nitrogens is 3. The second kappa shape index (κ2) is 7.77. The van der Waals surface area contributed by atoms with Gasteiger partial charge in [0.05, 0.1) is 11.7 Å². The summed E-state index contributed by atoms with van der Waals surface area (Å²) in [6.45, 7) is 1.70. The third kappa shape index (κ3) is 3.88. The molecule has 1 aromatic heterocycles. The molecule has 7 heteroatoms. The molecule has 0 saturated carbocycles. The van der Waals surface area contributed by atoms with Crippen molar-refractivity contribution in [1.82, 2.24) is 19.7 Å². The Morgan fingerprint density at radius 2 is 1.96 bits per heavy atom. The molecule has 0 radical (unpaired) electrons. The van der Waals surface area contributed by atoms with E-state index in [1.807, 2.05) is 31.2 Å². The molecule has 0 aliphatic carbocycles. The maximum absolute atomic E-state index is 13.6. The fourth-order valence-corrected chi connectivity index (χ4v) is 2.49. The summed E-state index contributed by atoms with van der Waals surface area (Å²) in [6.07, 6.45) is 3.09. The standard InChI is InChI=1S/C19H19FN4O2/c1-14(15-7-9-16(10-8-15)24-13-21-12-22-24)23(2)19(25)11-26-18-6-4-3-5-17(18)20/h3-10,12-14H,11H2,1-2H3/t14-/m1/s1. The molecule has 1 heterocycles. The fourth-order valence-electron chi connectivity index (χ4n) is 2.49. The number of ether oxygens (including phenoxy) is 1. The fraction of sp³-hybridized carbons (Fsp3) is 0.211. The molecule has 0 fully saturated rings. The molecule has 3 rings (SSSR count). The molecule has 0 saturated heterocycles. The first-order valence-corrected chi connectivity index (χ1v) is 8.14. The average molecular weight is 354 g/mol. The van der Waals surface area contributed by atoms with Gasteiger partial charge in [0, 0.05) is 7.05 Å². The Kier molecular flexibility index (Phi) is 5.26. The van der Waals surface area contributed by atoms with Gasteiger partial charge in [-0.15, -0.1) is 0 Å². The highest BCUT2D eigenvalue weighted by Gasteiger charge is 2.18. The molecule has 1 atom stereocenters. The summed E-state index contributed by atoms with van der Waals surface area (Å²) in [5.41, 5.74) is 1.85. The van der Waals surface area contributed by atoms with E-state index < -0.39 is 5.82 Å². The van der Waals surface area contributed by atoms with Crippen molar-refractivity contribution in [2.24, 2.45) is 0 Å². The minimum atomic E-state index is -0.486. The van der Waals surface area contributed by atoms with Gasteiger partial charge < -0.3 is 9.64 Å². The van der Waals surface area contributed by atoms with Crippen LogP contribution in [0.2, 0.25) is 0 Å². The molecule has 0 aliphatic heterocycles. The molecule has 0 N–H and O–H groups in total. The molecule has 3 aromatic rings. The summed E-state index contributed by atoms with van der Waals surface area (Å²) in [7, 11) is 1.70. The van der Waals surface area contributed by atoms with Gasteiger partial charge in [-0.2, -0.15) is 5.10 Å². The smallest absolute Gasteiger partial charge is 0.260 e. The molecular formula is C19H19FN4O2. The lowest BCUT2D eigenvalue weighted by molar-refractivity contribution is -0.134. The van der Waals surface area contributed by atoms with Crippen molar-refractivity contribution < 1.29 is 13.9 Å². The molecule has 6 nitrogen and oxygen atoms in total. The van der Waals surface area contributed by atoms with E-state index in [4.69, 9.17) is 4.74 Å². The Morgan fingerprint density at radius 3 is 2.62 bits per heavy atom. The largest absolute Gasteiger partial charge is 0.481 e. The van der Waals surface area contributed by atoms with E-state index in [1.165, 1.54) is 18.5 Å². The molecule has 0 aliphatic rings. The second-order valence-electron chi connectivity index (χ2n) is 5.83. The zero-order valence-electron chi connectivity index (χ0n) is 14.5. The van der Waals surface area contributed by atoms with E-state index in [2.05, 4.69) is 10.1 Å². The number of hydrogen-bond acceptors (Lipinski definition) is 4. The van der Waals surface area contributed by atoms with Crippen molar-refractivity contribution in [2.45, 2.75) is 13.0 Å². The van der Waals surface area contributed by atoms with Crippen LogP contribution in [0.3, 0.4) is 0 Å². The minimum Gasteiger partial charge on any atom is -0.481 e. The van der Waals surface area contributed by atoms with Crippen molar-refractivity contribution in [3.63, 3.8) is 0 Å².